The highest BCUT2D eigenvalue weighted by Gasteiger charge is 2.19. The Balaban J connectivity index is 2.50. The van der Waals surface area contributed by atoms with Crippen LogP contribution in [-0.4, -0.2) is 27.1 Å². The minimum Gasteiger partial charge on any atom is -0.452 e. The van der Waals surface area contributed by atoms with Gasteiger partial charge in [0.1, 0.15) is 5.69 Å². The molecule has 16 heavy (non-hydrogen) atoms. The van der Waals surface area contributed by atoms with E-state index in [1.54, 1.807) is 11.7 Å². The van der Waals surface area contributed by atoms with E-state index < -0.39 is 0 Å². The Morgan fingerprint density at radius 1 is 1.44 bits per heavy atom. The van der Waals surface area contributed by atoms with Gasteiger partial charge in [0.05, 0.1) is 18.5 Å². The first kappa shape index (κ1) is 10.5. The minimum absolute atomic E-state index is 0.105. The Labute approximate surface area is 92.2 Å². The molecule has 7 heteroatoms. The summed E-state index contributed by atoms with van der Waals surface area (Å²) in [5, 5.41) is 11.8. The molecule has 0 saturated heterocycles. The predicted molar refractivity (Wildman–Crippen MR) is 56.8 cm³/mol. The van der Waals surface area contributed by atoms with Crippen molar-refractivity contribution in [3.63, 3.8) is 0 Å². The molecule has 2 N–H and O–H groups in total. The van der Waals surface area contributed by atoms with Crippen molar-refractivity contribution in [3.05, 3.63) is 5.69 Å². The van der Waals surface area contributed by atoms with Gasteiger partial charge in [0.2, 0.25) is 0 Å². The summed E-state index contributed by atoms with van der Waals surface area (Å²) in [5.41, 5.74) is 7.94. The molecule has 2 aromatic heterocycles. The summed E-state index contributed by atoms with van der Waals surface area (Å²) in [6.07, 6.45) is 0.860. The van der Waals surface area contributed by atoms with Crippen molar-refractivity contribution in [2.45, 2.75) is 13.3 Å². The van der Waals surface area contributed by atoms with Crippen molar-refractivity contribution < 1.29 is 9.15 Å². The normalized spacial score (nSPS) is 10.7. The van der Waals surface area contributed by atoms with Gasteiger partial charge < -0.3 is 14.9 Å². The van der Waals surface area contributed by atoms with Crippen LogP contribution in [0.5, 0.6) is 6.08 Å². The molecule has 0 aliphatic heterocycles. The number of nitrogens with two attached hydrogens (primary N) is 1. The van der Waals surface area contributed by atoms with E-state index in [9.17, 15) is 0 Å². The largest absolute Gasteiger partial charge is 0.452 e. The second-order valence-electron chi connectivity index (χ2n) is 3.26. The molecule has 0 amide bonds. The van der Waals surface area contributed by atoms with E-state index in [2.05, 4.69) is 15.3 Å². The maximum Gasteiger partial charge on any atom is 0.414 e. The molecule has 86 valence electrons. The van der Waals surface area contributed by atoms with Crippen LogP contribution in [0.25, 0.3) is 11.6 Å². The van der Waals surface area contributed by atoms with Crippen molar-refractivity contribution in [2.24, 2.45) is 7.05 Å². The van der Waals surface area contributed by atoms with Crippen LogP contribution < -0.4 is 10.5 Å². The van der Waals surface area contributed by atoms with E-state index in [0.29, 0.717) is 17.3 Å². The molecule has 0 fully saturated rings. The van der Waals surface area contributed by atoms with Crippen molar-refractivity contribution in [3.8, 4) is 17.7 Å². The van der Waals surface area contributed by atoms with Gasteiger partial charge in [-0.2, -0.15) is 5.10 Å². The summed E-state index contributed by atoms with van der Waals surface area (Å²) in [4.78, 5) is 0. The van der Waals surface area contributed by atoms with Crippen LogP contribution >= 0.6 is 0 Å². The Hall–Kier alpha value is -2.05. The van der Waals surface area contributed by atoms with E-state index in [0.717, 1.165) is 12.1 Å². The first-order valence-corrected chi connectivity index (χ1v) is 4.86. The minimum atomic E-state index is 0.105. The summed E-state index contributed by atoms with van der Waals surface area (Å²) in [5.74, 6) is 0.309. The molecular formula is C9H13N5O2. The molecule has 0 atom stereocenters. The standard InChI is InChI=1S/C9H13N5O2/c1-4-5-6(10)7(14(2)13-5)8-11-12-9(15-3)16-8/h4,10H2,1-3H3. The molecule has 0 aromatic carbocycles. The highest BCUT2D eigenvalue weighted by atomic mass is 16.6. The highest BCUT2D eigenvalue weighted by molar-refractivity contribution is 5.68. The number of rotatable bonds is 3. The topological polar surface area (TPSA) is 92.0 Å². The first-order valence-electron chi connectivity index (χ1n) is 4.86. The van der Waals surface area contributed by atoms with E-state index in [1.165, 1.54) is 7.11 Å². The number of nitrogen functional groups attached to an aromatic ring is 1. The number of hydrogen-bond donors (Lipinski definition) is 1. The number of aromatic nitrogens is 4. The van der Waals surface area contributed by atoms with Gasteiger partial charge in [-0.3, -0.25) is 4.68 Å². The fraction of sp³-hybridized carbons (Fsp3) is 0.444. The summed E-state index contributed by atoms with van der Waals surface area (Å²) in [6, 6.07) is 0. The molecule has 0 saturated carbocycles. The lowest BCUT2D eigenvalue weighted by molar-refractivity contribution is 0.293. The Morgan fingerprint density at radius 2 is 2.19 bits per heavy atom. The zero-order valence-electron chi connectivity index (χ0n) is 9.39. The zero-order chi connectivity index (χ0) is 11.7. The first-order chi connectivity index (χ1) is 7.67. The third-order valence-electron chi connectivity index (χ3n) is 2.28. The van der Waals surface area contributed by atoms with Crippen molar-refractivity contribution in [1.29, 1.82) is 0 Å². The summed E-state index contributed by atoms with van der Waals surface area (Å²) in [6.45, 7) is 1.98. The highest BCUT2D eigenvalue weighted by Crippen LogP contribution is 2.28. The number of aryl methyl sites for hydroxylation is 2. The van der Waals surface area contributed by atoms with Crippen LogP contribution in [0.4, 0.5) is 5.69 Å². The second-order valence-corrected chi connectivity index (χ2v) is 3.26. The molecular weight excluding hydrogens is 210 g/mol. The smallest absolute Gasteiger partial charge is 0.414 e. The molecule has 0 radical (unpaired) electrons. The van der Waals surface area contributed by atoms with Gasteiger partial charge in [0.15, 0.2) is 0 Å². The van der Waals surface area contributed by atoms with Gasteiger partial charge in [-0.15, -0.1) is 5.10 Å². The van der Waals surface area contributed by atoms with Gasteiger partial charge in [-0.25, -0.2) is 0 Å². The average molecular weight is 223 g/mol. The lowest BCUT2D eigenvalue weighted by Gasteiger charge is -1.96. The second kappa shape index (κ2) is 3.84. The number of anilines is 1. The lowest BCUT2D eigenvalue weighted by atomic mass is 10.2. The zero-order valence-corrected chi connectivity index (χ0v) is 9.39. The van der Waals surface area contributed by atoms with Crippen LogP contribution in [0, 0.1) is 0 Å². The average Bonchev–Trinajstić information content (AvgIpc) is 2.83. The third kappa shape index (κ3) is 1.50. The molecule has 0 aliphatic rings. The number of methoxy groups -OCH3 is 1. The van der Waals surface area contributed by atoms with E-state index in [-0.39, 0.29) is 6.08 Å². The molecule has 0 spiro atoms. The quantitative estimate of drug-likeness (QED) is 0.820. The molecule has 2 aromatic rings. The molecule has 0 unspecified atom stereocenters. The van der Waals surface area contributed by atoms with E-state index in [4.69, 9.17) is 14.9 Å². The van der Waals surface area contributed by atoms with Crippen LogP contribution in [0.2, 0.25) is 0 Å². The molecule has 0 bridgehead atoms. The van der Waals surface area contributed by atoms with Crippen molar-refractivity contribution >= 4 is 5.69 Å². The SMILES string of the molecule is CCc1nn(C)c(-c2nnc(OC)o2)c1N. The predicted octanol–water partition coefficient (Wildman–Crippen LogP) is 0.623. The number of ether oxygens (including phenoxy) is 1. The van der Waals surface area contributed by atoms with Gasteiger partial charge in [0.25, 0.3) is 5.89 Å². The molecule has 2 heterocycles. The Morgan fingerprint density at radius 3 is 2.69 bits per heavy atom. The van der Waals surface area contributed by atoms with Gasteiger partial charge in [-0.05, 0) is 6.42 Å². The monoisotopic (exact) mass is 223 g/mol. The lowest BCUT2D eigenvalue weighted by Crippen LogP contribution is -1.95. The Kier molecular flexibility index (Phi) is 2.51. The number of nitrogens with zero attached hydrogens (tertiary/aromatic N) is 4. The maximum absolute atomic E-state index is 5.95. The molecule has 0 aliphatic carbocycles. The maximum atomic E-state index is 5.95. The Bertz CT molecular complexity index is 502. The summed E-state index contributed by atoms with van der Waals surface area (Å²) < 4.78 is 11.7. The molecule has 7 nitrogen and oxygen atoms in total. The summed E-state index contributed by atoms with van der Waals surface area (Å²) in [7, 11) is 3.24. The van der Waals surface area contributed by atoms with Crippen molar-refractivity contribution in [2.75, 3.05) is 12.8 Å². The fourth-order valence-corrected chi connectivity index (χ4v) is 1.50. The van der Waals surface area contributed by atoms with Crippen LogP contribution in [0.3, 0.4) is 0 Å². The number of hydrogen-bond acceptors (Lipinski definition) is 6. The van der Waals surface area contributed by atoms with E-state index in [1.807, 2.05) is 6.92 Å². The summed E-state index contributed by atoms with van der Waals surface area (Å²) >= 11 is 0. The van der Waals surface area contributed by atoms with Crippen LogP contribution in [0.15, 0.2) is 4.42 Å². The third-order valence-corrected chi connectivity index (χ3v) is 2.28. The van der Waals surface area contributed by atoms with Gasteiger partial charge in [-0.1, -0.05) is 12.0 Å². The van der Waals surface area contributed by atoms with Crippen LogP contribution in [-0.2, 0) is 13.5 Å². The van der Waals surface area contributed by atoms with E-state index >= 15 is 0 Å². The van der Waals surface area contributed by atoms with Gasteiger partial charge >= 0.3 is 6.08 Å². The molecule has 2 rings (SSSR count). The van der Waals surface area contributed by atoms with Crippen LogP contribution in [0.1, 0.15) is 12.6 Å². The van der Waals surface area contributed by atoms with Gasteiger partial charge in [0, 0.05) is 7.05 Å². The fourth-order valence-electron chi connectivity index (χ4n) is 1.50. The van der Waals surface area contributed by atoms with Crippen molar-refractivity contribution in [1.82, 2.24) is 20.0 Å².